The standard InChI is InChI=1S/C6H10N2/c1-6(8)4-2-3-5-7/h2-5,7H,8H2,1H3. The van der Waals surface area contributed by atoms with Gasteiger partial charge in [0.25, 0.3) is 0 Å². The first-order valence-corrected chi connectivity index (χ1v) is 2.37. The fourth-order valence-corrected chi connectivity index (χ4v) is 0.263. The van der Waals surface area contributed by atoms with Crippen LogP contribution in [0, 0.1) is 5.41 Å². The minimum absolute atomic E-state index is 0.753. The van der Waals surface area contributed by atoms with Gasteiger partial charge in [-0.25, -0.2) is 0 Å². The number of hydrogen-bond acceptors (Lipinski definition) is 2. The van der Waals surface area contributed by atoms with Gasteiger partial charge in [0.1, 0.15) is 0 Å². The molecule has 0 amide bonds. The fraction of sp³-hybridized carbons (Fsp3) is 0.167. The van der Waals surface area contributed by atoms with E-state index in [9.17, 15) is 0 Å². The monoisotopic (exact) mass is 110 g/mol. The third-order valence-corrected chi connectivity index (χ3v) is 0.566. The van der Waals surface area contributed by atoms with Crippen molar-refractivity contribution in [1.82, 2.24) is 0 Å². The van der Waals surface area contributed by atoms with Crippen LogP contribution < -0.4 is 5.73 Å². The van der Waals surface area contributed by atoms with E-state index in [0.717, 1.165) is 5.70 Å². The summed E-state index contributed by atoms with van der Waals surface area (Å²) in [4.78, 5) is 0. The van der Waals surface area contributed by atoms with Gasteiger partial charge in [0.15, 0.2) is 0 Å². The van der Waals surface area contributed by atoms with Crippen LogP contribution in [0.5, 0.6) is 0 Å². The number of nitrogens with one attached hydrogen (secondary N) is 1. The molecule has 0 aliphatic carbocycles. The zero-order chi connectivity index (χ0) is 6.41. The molecule has 0 saturated carbocycles. The summed E-state index contributed by atoms with van der Waals surface area (Å²) in [6.07, 6.45) is 6.28. The molecule has 0 saturated heterocycles. The molecule has 0 aliphatic heterocycles. The first-order valence-electron chi connectivity index (χ1n) is 2.37. The van der Waals surface area contributed by atoms with Crippen molar-refractivity contribution in [2.75, 3.05) is 0 Å². The topological polar surface area (TPSA) is 49.9 Å². The van der Waals surface area contributed by atoms with Gasteiger partial charge in [0.2, 0.25) is 0 Å². The molecule has 0 spiro atoms. The third-order valence-electron chi connectivity index (χ3n) is 0.566. The highest BCUT2D eigenvalue weighted by Crippen LogP contribution is 1.78. The molecule has 44 valence electrons. The summed E-state index contributed by atoms with van der Waals surface area (Å²) in [5, 5.41) is 6.57. The number of allylic oxidation sites excluding steroid dienone is 4. The molecule has 2 heteroatoms. The van der Waals surface area contributed by atoms with Crippen molar-refractivity contribution in [2.24, 2.45) is 5.73 Å². The van der Waals surface area contributed by atoms with Crippen molar-refractivity contribution in [1.29, 1.82) is 5.41 Å². The molecule has 0 aromatic heterocycles. The van der Waals surface area contributed by atoms with Gasteiger partial charge in [-0.15, -0.1) is 0 Å². The molecule has 0 rings (SSSR count). The van der Waals surface area contributed by atoms with E-state index in [-0.39, 0.29) is 0 Å². The van der Waals surface area contributed by atoms with E-state index in [1.165, 1.54) is 6.21 Å². The molecule has 0 aliphatic rings. The minimum atomic E-state index is 0.753. The summed E-state index contributed by atoms with van der Waals surface area (Å²) >= 11 is 0. The average Bonchev–Trinajstić information content (AvgIpc) is 1.66. The Balaban J connectivity index is 3.57. The van der Waals surface area contributed by atoms with E-state index in [4.69, 9.17) is 11.1 Å². The second-order valence-corrected chi connectivity index (χ2v) is 1.46. The van der Waals surface area contributed by atoms with E-state index >= 15 is 0 Å². The number of rotatable bonds is 2. The van der Waals surface area contributed by atoms with Crippen molar-refractivity contribution < 1.29 is 0 Å². The van der Waals surface area contributed by atoms with Crippen LogP contribution in [0.2, 0.25) is 0 Å². The van der Waals surface area contributed by atoms with E-state index in [0.29, 0.717) is 0 Å². The molecule has 0 aromatic carbocycles. The van der Waals surface area contributed by atoms with Gasteiger partial charge >= 0.3 is 0 Å². The van der Waals surface area contributed by atoms with Crippen molar-refractivity contribution >= 4 is 6.21 Å². The Hall–Kier alpha value is -1.05. The largest absolute Gasteiger partial charge is 0.402 e. The lowest BCUT2D eigenvalue weighted by Gasteiger charge is -1.79. The lowest BCUT2D eigenvalue weighted by Crippen LogP contribution is -1.87. The maximum absolute atomic E-state index is 6.57. The van der Waals surface area contributed by atoms with E-state index in [1.807, 2.05) is 0 Å². The van der Waals surface area contributed by atoms with Gasteiger partial charge in [-0.2, -0.15) is 0 Å². The van der Waals surface area contributed by atoms with E-state index in [1.54, 1.807) is 25.2 Å². The molecular formula is C6H10N2. The molecule has 0 aromatic rings. The Labute approximate surface area is 49.2 Å². The molecule has 0 heterocycles. The lowest BCUT2D eigenvalue weighted by atomic mass is 10.4. The Morgan fingerprint density at radius 2 is 2.12 bits per heavy atom. The molecule has 8 heavy (non-hydrogen) atoms. The summed E-state index contributed by atoms with van der Waals surface area (Å²) in [6, 6.07) is 0. The molecular weight excluding hydrogens is 100 g/mol. The maximum atomic E-state index is 6.57. The second kappa shape index (κ2) is 4.12. The normalized spacial score (nSPS) is 12.4. The zero-order valence-electron chi connectivity index (χ0n) is 4.89. The fourth-order valence-electron chi connectivity index (χ4n) is 0.263. The second-order valence-electron chi connectivity index (χ2n) is 1.46. The summed E-state index contributed by atoms with van der Waals surface area (Å²) in [6.45, 7) is 1.80. The molecule has 2 nitrogen and oxygen atoms in total. The van der Waals surface area contributed by atoms with Crippen LogP contribution >= 0.6 is 0 Å². The van der Waals surface area contributed by atoms with Gasteiger partial charge in [-0.05, 0) is 19.1 Å². The van der Waals surface area contributed by atoms with Gasteiger partial charge in [0, 0.05) is 11.9 Å². The molecule has 0 bridgehead atoms. The highest BCUT2D eigenvalue weighted by atomic mass is 14.5. The minimum Gasteiger partial charge on any atom is -0.402 e. The molecule has 0 atom stereocenters. The van der Waals surface area contributed by atoms with Crippen molar-refractivity contribution in [3.63, 3.8) is 0 Å². The average molecular weight is 110 g/mol. The predicted molar refractivity (Wildman–Crippen MR) is 35.9 cm³/mol. The van der Waals surface area contributed by atoms with E-state index in [2.05, 4.69) is 0 Å². The van der Waals surface area contributed by atoms with Crippen LogP contribution in [0.15, 0.2) is 23.9 Å². The van der Waals surface area contributed by atoms with Crippen molar-refractivity contribution in [3.8, 4) is 0 Å². The molecule has 0 unspecified atom stereocenters. The van der Waals surface area contributed by atoms with Crippen LogP contribution in [-0.2, 0) is 0 Å². The summed E-state index contributed by atoms with van der Waals surface area (Å²) in [5.74, 6) is 0. The molecule has 3 N–H and O–H groups in total. The lowest BCUT2D eigenvalue weighted by molar-refractivity contribution is 1.32. The summed E-state index contributed by atoms with van der Waals surface area (Å²) in [5.41, 5.74) is 6.02. The summed E-state index contributed by atoms with van der Waals surface area (Å²) < 4.78 is 0. The number of hydrogen-bond donors (Lipinski definition) is 2. The van der Waals surface area contributed by atoms with Crippen molar-refractivity contribution in [2.45, 2.75) is 6.92 Å². The predicted octanol–water partition coefficient (Wildman–Crippen LogP) is 1.05. The van der Waals surface area contributed by atoms with Gasteiger partial charge in [-0.1, -0.05) is 6.08 Å². The van der Waals surface area contributed by atoms with Crippen molar-refractivity contribution in [3.05, 3.63) is 23.9 Å². The Morgan fingerprint density at radius 3 is 2.50 bits per heavy atom. The number of nitrogens with two attached hydrogens (primary N) is 1. The van der Waals surface area contributed by atoms with Crippen LogP contribution in [0.1, 0.15) is 6.92 Å². The maximum Gasteiger partial charge on any atom is 0.0177 e. The van der Waals surface area contributed by atoms with E-state index < -0.39 is 0 Å². The van der Waals surface area contributed by atoms with Crippen LogP contribution in [0.3, 0.4) is 0 Å². The van der Waals surface area contributed by atoms with Crippen LogP contribution in [0.25, 0.3) is 0 Å². The molecule has 0 radical (unpaired) electrons. The van der Waals surface area contributed by atoms with Gasteiger partial charge in [-0.3, -0.25) is 0 Å². The zero-order valence-corrected chi connectivity index (χ0v) is 4.89. The smallest absolute Gasteiger partial charge is 0.0177 e. The van der Waals surface area contributed by atoms with Gasteiger partial charge in [0.05, 0.1) is 0 Å². The quantitative estimate of drug-likeness (QED) is 0.405. The SMILES string of the molecule is CC(N)=CC=CC=N. The third kappa shape index (κ3) is 4.95. The summed E-state index contributed by atoms with van der Waals surface area (Å²) in [7, 11) is 0. The first kappa shape index (κ1) is 6.95. The Bertz CT molecular complexity index is 118. The van der Waals surface area contributed by atoms with Crippen LogP contribution in [-0.4, -0.2) is 6.21 Å². The highest BCUT2D eigenvalue weighted by Gasteiger charge is 1.66. The van der Waals surface area contributed by atoms with Crippen LogP contribution in [0.4, 0.5) is 0 Å². The molecule has 0 fully saturated rings. The van der Waals surface area contributed by atoms with Gasteiger partial charge < -0.3 is 11.1 Å². The Kier molecular flexibility index (Phi) is 3.58. The first-order chi connectivity index (χ1) is 3.77. The Morgan fingerprint density at radius 1 is 1.50 bits per heavy atom. The highest BCUT2D eigenvalue weighted by molar-refractivity contribution is 5.68.